The average molecular weight is 320 g/mol. The largest absolute Gasteiger partial charge is 0.390 e. The van der Waals surface area contributed by atoms with Crippen molar-refractivity contribution in [2.24, 2.45) is 11.0 Å². The number of aryl methyl sites for hydroxylation is 1. The highest BCUT2D eigenvalue weighted by Gasteiger charge is 2.36. The number of aliphatic hydroxyl groups is 1. The maximum absolute atomic E-state index is 11.7. The number of nitrogens with zero attached hydrogens (tertiary/aromatic N) is 1. The fourth-order valence-corrected chi connectivity index (χ4v) is 2.41. The van der Waals surface area contributed by atoms with Crippen LogP contribution in [0.15, 0.2) is 15.8 Å². The van der Waals surface area contributed by atoms with Crippen LogP contribution in [-0.4, -0.2) is 33.5 Å². The molecule has 1 aliphatic heterocycles. The van der Waals surface area contributed by atoms with Gasteiger partial charge in [0.1, 0.15) is 12.3 Å². The van der Waals surface area contributed by atoms with Crippen molar-refractivity contribution >= 4 is 7.67 Å². The smallest absolute Gasteiger partial charge is 0.335 e. The molecule has 1 saturated heterocycles. The average Bonchev–Trinajstić information content (AvgIpc) is 2.72. The Kier molecular flexibility index (Phi) is 4.47. The van der Waals surface area contributed by atoms with Crippen LogP contribution in [0, 0.1) is 6.92 Å². The lowest BCUT2D eigenvalue weighted by Crippen LogP contribution is -2.33. The molecule has 2 rings (SSSR count). The number of hydrogen-bond acceptors (Lipinski definition) is 6. The van der Waals surface area contributed by atoms with Gasteiger partial charge in [-0.05, 0) is 6.92 Å². The molecule has 0 spiro atoms. The molecule has 0 amide bonds. The standard InChI is InChI=1S/C10H17N4O6P/c1-5-3-14(10(17)13-9(5)16)8-2-6(15)7(20-8)4-19-21(11,12)18/h3,6-8,15H,2,4H2,1H3,(H4,11,12,18)(H,13,16,17)/t6-,7-,8-/m0/s1. The minimum Gasteiger partial charge on any atom is -0.390 e. The van der Waals surface area contributed by atoms with E-state index in [0.717, 1.165) is 0 Å². The molecule has 2 heterocycles. The molecule has 1 aromatic rings. The highest BCUT2D eigenvalue weighted by atomic mass is 31.2. The van der Waals surface area contributed by atoms with Crippen molar-refractivity contribution < 1.29 is 18.9 Å². The van der Waals surface area contributed by atoms with E-state index < -0.39 is 37.4 Å². The molecule has 0 saturated carbocycles. The van der Waals surface area contributed by atoms with Crippen molar-refractivity contribution in [2.75, 3.05) is 6.61 Å². The maximum Gasteiger partial charge on any atom is 0.335 e. The first-order valence-corrected chi connectivity index (χ1v) is 7.91. The molecular formula is C10H17N4O6P. The normalized spacial score (nSPS) is 26.2. The van der Waals surface area contributed by atoms with Crippen LogP contribution in [0.3, 0.4) is 0 Å². The first-order valence-electron chi connectivity index (χ1n) is 6.14. The summed E-state index contributed by atoms with van der Waals surface area (Å²) in [7, 11) is -3.67. The molecule has 0 bridgehead atoms. The van der Waals surface area contributed by atoms with Crippen molar-refractivity contribution in [2.45, 2.75) is 31.8 Å². The molecule has 1 fully saturated rings. The van der Waals surface area contributed by atoms with Crippen LogP contribution in [0.5, 0.6) is 0 Å². The van der Waals surface area contributed by atoms with E-state index in [9.17, 15) is 19.3 Å². The van der Waals surface area contributed by atoms with E-state index in [0.29, 0.717) is 5.56 Å². The molecule has 6 N–H and O–H groups in total. The van der Waals surface area contributed by atoms with Gasteiger partial charge in [-0.3, -0.25) is 18.9 Å². The van der Waals surface area contributed by atoms with Crippen LogP contribution in [-0.2, 0) is 13.8 Å². The van der Waals surface area contributed by atoms with Crippen molar-refractivity contribution in [1.29, 1.82) is 0 Å². The van der Waals surface area contributed by atoms with Gasteiger partial charge < -0.3 is 14.4 Å². The Morgan fingerprint density at radius 2 is 2.24 bits per heavy atom. The Morgan fingerprint density at radius 1 is 1.57 bits per heavy atom. The third-order valence-corrected chi connectivity index (χ3v) is 3.65. The summed E-state index contributed by atoms with van der Waals surface area (Å²) < 4.78 is 22.4. The zero-order valence-corrected chi connectivity index (χ0v) is 12.2. The summed E-state index contributed by atoms with van der Waals surface area (Å²) in [5, 5.41) is 9.87. The molecule has 0 aliphatic carbocycles. The summed E-state index contributed by atoms with van der Waals surface area (Å²) in [6.07, 6.45) is -1.08. The van der Waals surface area contributed by atoms with Gasteiger partial charge in [-0.1, -0.05) is 0 Å². The van der Waals surface area contributed by atoms with Crippen LogP contribution in [0.25, 0.3) is 0 Å². The predicted octanol–water partition coefficient (Wildman–Crippen LogP) is -1.46. The van der Waals surface area contributed by atoms with Crippen LogP contribution in [0.1, 0.15) is 18.2 Å². The number of rotatable bonds is 4. The van der Waals surface area contributed by atoms with Crippen molar-refractivity contribution in [3.05, 3.63) is 32.6 Å². The third kappa shape index (κ3) is 3.88. The minimum absolute atomic E-state index is 0.110. The van der Waals surface area contributed by atoms with E-state index in [2.05, 4.69) is 4.98 Å². The van der Waals surface area contributed by atoms with Gasteiger partial charge in [0.2, 0.25) is 0 Å². The van der Waals surface area contributed by atoms with Crippen LogP contribution < -0.4 is 22.3 Å². The summed E-state index contributed by atoms with van der Waals surface area (Å²) in [5.41, 5.74) is 9.29. The molecule has 0 aromatic carbocycles. The van der Waals surface area contributed by atoms with Gasteiger partial charge in [-0.25, -0.2) is 15.8 Å². The molecule has 118 valence electrons. The number of nitrogens with two attached hydrogens (primary N) is 2. The van der Waals surface area contributed by atoms with Crippen LogP contribution >= 0.6 is 7.67 Å². The number of hydrogen-bond donors (Lipinski definition) is 4. The minimum atomic E-state index is -3.67. The van der Waals surface area contributed by atoms with Gasteiger partial charge in [0.05, 0.1) is 12.7 Å². The Hall–Kier alpha value is -1.29. The van der Waals surface area contributed by atoms with Crippen molar-refractivity contribution in [1.82, 2.24) is 9.55 Å². The van der Waals surface area contributed by atoms with Gasteiger partial charge >= 0.3 is 13.4 Å². The Labute approximate surface area is 119 Å². The molecule has 1 aromatic heterocycles. The Balaban J connectivity index is 2.14. The number of aromatic nitrogens is 2. The third-order valence-electron chi connectivity index (χ3n) is 3.10. The number of ether oxygens (including phenoxy) is 1. The predicted molar refractivity (Wildman–Crippen MR) is 72.5 cm³/mol. The van der Waals surface area contributed by atoms with E-state index in [-0.39, 0.29) is 13.0 Å². The first kappa shape index (κ1) is 16.1. The topological polar surface area (TPSA) is 163 Å². The summed E-state index contributed by atoms with van der Waals surface area (Å²) in [6, 6.07) is 0. The first-order chi connectivity index (χ1) is 9.67. The lowest BCUT2D eigenvalue weighted by Gasteiger charge is -2.17. The second kappa shape index (κ2) is 5.84. The zero-order valence-electron chi connectivity index (χ0n) is 11.3. The maximum atomic E-state index is 11.7. The highest BCUT2D eigenvalue weighted by Crippen LogP contribution is 2.32. The molecule has 0 radical (unpaired) electrons. The van der Waals surface area contributed by atoms with E-state index in [1.165, 1.54) is 10.8 Å². The van der Waals surface area contributed by atoms with Gasteiger partial charge in [-0.15, -0.1) is 0 Å². The van der Waals surface area contributed by atoms with Gasteiger partial charge in [0, 0.05) is 18.2 Å². The fourth-order valence-electron chi connectivity index (χ4n) is 2.03. The number of nitrogens with one attached hydrogen (secondary N) is 1. The lowest BCUT2D eigenvalue weighted by molar-refractivity contribution is -0.0406. The van der Waals surface area contributed by atoms with E-state index >= 15 is 0 Å². The molecular weight excluding hydrogens is 303 g/mol. The number of H-pyrrole nitrogens is 1. The molecule has 0 unspecified atom stereocenters. The van der Waals surface area contributed by atoms with E-state index in [1.54, 1.807) is 6.92 Å². The molecule has 3 atom stereocenters. The molecule has 11 heteroatoms. The Bertz CT molecular complexity index is 679. The second-order valence-electron chi connectivity index (χ2n) is 4.85. The lowest BCUT2D eigenvalue weighted by atomic mass is 10.2. The van der Waals surface area contributed by atoms with Crippen molar-refractivity contribution in [3.8, 4) is 0 Å². The zero-order chi connectivity index (χ0) is 15.8. The summed E-state index contributed by atoms with van der Waals surface area (Å²) in [5.74, 6) is 0. The Morgan fingerprint density at radius 3 is 2.86 bits per heavy atom. The molecule has 1 aliphatic rings. The van der Waals surface area contributed by atoms with Crippen LogP contribution in [0.4, 0.5) is 0 Å². The van der Waals surface area contributed by atoms with Crippen molar-refractivity contribution in [3.63, 3.8) is 0 Å². The highest BCUT2D eigenvalue weighted by molar-refractivity contribution is 7.53. The quantitative estimate of drug-likeness (QED) is 0.489. The van der Waals surface area contributed by atoms with Gasteiger partial charge in [0.15, 0.2) is 0 Å². The van der Waals surface area contributed by atoms with Gasteiger partial charge in [0.25, 0.3) is 5.56 Å². The summed E-state index contributed by atoms with van der Waals surface area (Å²) in [4.78, 5) is 25.2. The SMILES string of the molecule is Cc1cn([C@@H]2C[C@H](O)[C@H](COP(N)(N)=O)O2)c(=O)[nH]c1=O. The number of aliphatic hydroxyl groups excluding tert-OH is 1. The van der Waals surface area contributed by atoms with Gasteiger partial charge in [-0.2, -0.15) is 0 Å². The summed E-state index contributed by atoms with van der Waals surface area (Å²) in [6.45, 7) is 1.28. The number of aromatic amines is 1. The van der Waals surface area contributed by atoms with Crippen LogP contribution in [0.2, 0.25) is 0 Å². The van der Waals surface area contributed by atoms with E-state index in [4.69, 9.17) is 20.3 Å². The fraction of sp³-hybridized carbons (Fsp3) is 0.600. The molecule has 10 nitrogen and oxygen atoms in total. The summed E-state index contributed by atoms with van der Waals surface area (Å²) >= 11 is 0. The van der Waals surface area contributed by atoms with E-state index in [1.807, 2.05) is 0 Å². The monoisotopic (exact) mass is 320 g/mol. The molecule has 21 heavy (non-hydrogen) atoms. The second-order valence-corrected chi connectivity index (χ2v) is 6.40.